The van der Waals surface area contributed by atoms with Crippen LogP contribution in [0, 0.1) is 0 Å². The van der Waals surface area contributed by atoms with E-state index in [0.29, 0.717) is 17.5 Å². The number of rotatable bonds is 6. The van der Waals surface area contributed by atoms with Gasteiger partial charge in [0.05, 0.1) is 17.1 Å². The fourth-order valence-electron chi connectivity index (χ4n) is 2.49. The summed E-state index contributed by atoms with van der Waals surface area (Å²) in [5.41, 5.74) is 1.07. The summed E-state index contributed by atoms with van der Waals surface area (Å²) < 4.78 is 12.4. The van der Waals surface area contributed by atoms with E-state index in [4.69, 9.17) is 9.05 Å². The molecule has 9 heteroatoms. The lowest BCUT2D eigenvalue weighted by Gasteiger charge is -2.00. The average Bonchev–Trinajstić information content (AvgIpc) is 3.45. The van der Waals surface area contributed by atoms with E-state index in [1.54, 1.807) is 6.07 Å². The summed E-state index contributed by atoms with van der Waals surface area (Å²) in [6, 6.07) is 9.25. The summed E-state index contributed by atoms with van der Waals surface area (Å²) in [5.74, 6) is 1.00. The molecule has 4 aromatic heterocycles. The van der Waals surface area contributed by atoms with Crippen LogP contribution in [0.25, 0.3) is 22.2 Å². The number of nitrogens with zero attached hydrogens (tertiary/aromatic N) is 4. The van der Waals surface area contributed by atoms with Crippen LogP contribution in [0.2, 0.25) is 0 Å². The fourth-order valence-corrected chi connectivity index (χ4v) is 3.16. The molecular weight excluding hydrogens is 354 g/mol. The Hall–Kier alpha value is -3.20. The van der Waals surface area contributed by atoms with Crippen molar-refractivity contribution in [3.8, 4) is 22.2 Å². The van der Waals surface area contributed by atoms with Crippen LogP contribution in [0.15, 0.2) is 51.0 Å². The van der Waals surface area contributed by atoms with Crippen molar-refractivity contribution < 1.29 is 13.8 Å². The van der Waals surface area contributed by atoms with Gasteiger partial charge in [0.25, 0.3) is 5.91 Å². The monoisotopic (exact) mass is 369 g/mol. The summed E-state index contributed by atoms with van der Waals surface area (Å²) in [6.45, 7) is 2.95. The minimum absolute atomic E-state index is 0.111. The summed E-state index contributed by atoms with van der Waals surface area (Å²) in [4.78, 5) is 17.4. The molecule has 0 saturated heterocycles. The zero-order valence-corrected chi connectivity index (χ0v) is 14.7. The van der Waals surface area contributed by atoms with Crippen molar-refractivity contribution in [1.82, 2.24) is 25.2 Å². The molecule has 0 atom stereocenters. The number of aromatic nitrogens is 4. The molecule has 0 fully saturated rings. The highest BCUT2D eigenvalue weighted by Gasteiger charge is 2.16. The lowest BCUT2D eigenvalue weighted by Crippen LogP contribution is -2.23. The SMILES string of the molecule is CCn1cccc1-c1noc(CNC(=O)c2cc(-c3cccs3)on2)n1. The Morgan fingerprint density at radius 3 is 3.00 bits per heavy atom. The van der Waals surface area contributed by atoms with Gasteiger partial charge in [0.2, 0.25) is 11.7 Å². The molecule has 0 aliphatic rings. The molecule has 4 aromatic rings. The highest BCUT2D eigenvalue weighted by atomic mass is 32.1. The standard InChI is InChI=1S/C17H15N5O3S/c1-2-22-7-3-5-12(22)16-19-15(25-21-16)10-18-17(23)11-9-13(24-20-11)14-6-4-8-26-14/h3-9H,2,10H2,1H3,(H,18,23). The maximum atomic E-state index is 12.2. The molecule has 0 unspecified atom stereocenters. The van der Waals surface area contributed by atoms with Crippen LogP contribution in [-0.4, -0.2) is 25.8 Å². The first kappa shape index (κ1) is 16.3. The van der Waals surface area contributed by atoms with Gasteiger partial charge in [-0.15, -0.1) is 11.3 Å². The normalized spacial score (nSPS) is 11.0. The lowest BCUT2D eigenvalue weighted by atomic mass is 10.3. The highest BCUT2D eigenvalue weighted by Crippen LogP contribution is 2.25. The van der Waals surface area contributed by atoms with Crippen LogP contribution in [-0.2, 0) is 13.1 Å². The first-order valence-electron chi connectivity index (χ1n) is 8.01. The first-order valence-corrected chi connectivity index (χ1v) is 8.89. The number of thiophene rings is 1. The second-order valence-electron chi connectivity index (χ2n) is 5.43. The molecule has 0 saturated carbocycles. The van der Waals surface area contributed by atoms with E-state index in [1.807, 2.05) is 47.3 Å². The van der Waals surface area contributed by atoms with E-state index in [1.165, 1.54) is 11.3 Å². The minimum atomic E-state index is -0.367. The number of amides is 1. The summed E-state index contributed by atoms with van der Waals surface area (Å²) in [7, 11) is 0. The molecule has 4 heterocycles. The van der Waals surface area contributed by atoms with Gasteiger partial charge < -0.3 is 18.9 Å². The Morgan fingerprint density at radius 1 is 1.27 bits per heavy atom. The van der Waals surface area contributed by atoms with Crippen LogP contribution in [0.3, 0.4) is 0 Å². The summed E-state index contributed by atoms with van der Waals surface area (Å²) in [6.07, 6.45) is 1.95. The Bertz CT molecular complexity index is 1010. The molecule has 4 rings (SSSR count). The van der Waals surface area contributed by atoms with Crippen LogP contribution < -0.4 is 5.32 Å². The number of aryl methyl sites for hydroxylation is 1. The maximum absolute atomic E-state index is 12.2. The van der Waals surface area contributed by atoms with Gasteiger partial charge in [0, 0.05) is 18.8 Å². The Balaban J connectivity index is 1.41. The molecule has 1 N–H and O–H groups in total. The molecule has 0 radical (unpaired) electrons. The summed E-state index contributed by atoms with van der Waals surface area (Å²) in [5, 5.41) is 12.4. The Kier molecular flexibility index (Phi) is 4.36. The Labute approximate surface area is 152 Å². The lowest BCUT2D eigenvalue weighted by molar-refractivity contribution is 0.0937. The smallest absolute Gasteiger partial charge is 0.273 e. The number of carbonyl (C=O) groups is 1. The van der Waals surface area contributed by atoms with Crippen LogP contribution >= 0.6 is 11.3 Å². The van der Waals surface area contributed by atoms with Crippen molar-refractivity contribution >= 4 is 17.2 Å². The topological polar surface area (TPSA) is 99.0 Å². The van der Waals surface area contributed by atoms with E-state index in [-0.39, 0.29) is 18.1 Å². The van der Waals surface area contributed by atoms with Crippen molar-refractivity contribution in [3.05, 3.63) is 53.5 Å². The molecule has 1 amide bonds. The largest absolute Gasteiger partial charge is 0.355 e. The van der Waals surface area contributed by atoms with Crippen LogP contribution in [0.4, 0.5) is 0 Å². The third kappa shape index (κ3) is 3.16. The van der Waals surface area contributed by atoms with E-state index in [2.05, 4.69) is 20.6 Å². The number of hydrogen-bond acceptors (Lipinski definition) is 7. The van der Waals surface area contributed by atoms with E-state index >= 15 is 0 Å². The van der Waals surface area contributed by atoms with Crippen molar-refractivity contribution in [2.45, 2.75) is 20.0 Å². The number of carbonyl (C=O) groups excluding carboxylic acids is 1. The summed E-state index contributed by atoms with van der Waals surface area (Å²) >= 11 is 1.51. The van der Waals surface area contributed by atoms with E-state index < -0.39 is 0 Å². The zero-order valence-electron chi connectivity index (χ0n) is 13.9. The van der Waals surface area contributed by atoms with Crippen molar-refractivity contribution in [1.29, 1.82) is 0 Å². The third-order valence-corrected chi connectivity index (χ3v) is 4.66. The maximum Gasteiger partial charge on any atom is 0.273 e. The van der Waals surface area contributed by atoms with Gasteiger partial charge >= 0.3 is 0 Å². The molecule has 0 spiro atoms. The molecule has 8 nitrogen and oxygen atoms in total. The Morgan fingerprint density at radius 2 is 2.19 bits per heavy atom. The van der Waals surface area contributed by atoms with Gasteiger partial charge in [0.15, 0.2) is 11.5 Å². The van der Waals surface area contributed by atoms with Gasteiger partial charge in [-0.25, -0.2) is 0 Å². The number of hydrogen-bond donors (Lipinski definition) is 1. The molecule has 132 valence electrons. The van der Waals surface area contributed by atoms with Crippen LogP contribution in [0.5, 0.6) is 0 Å². The van der Waals surface area contributed by atoms with Crippen LogP contribution in [0.1, 0.15) is 23.3 Å². The third-order valence-electron chi connectivity index (χ3n) is 3.77. The van der Waals surface area contributed by atoms with Gasteiger partial charge in [-0.3, -0.25) is 4.79 Å². The van der Waals surface area contributed by atoms with Gasteiger partial charge in [-0.2, -0.15) is 4.98 Å². The second-order valence-corrected chi connectivity index (χ2v) is 6.38. The predicted octanol–water partition coefficient (Wildman–Crippen LogP) is 3.20. The average molecular weight is 369 g/mol. The van der Waals surface area contributed by atoms with Gasteiger partial charge in [-0.1, -0.05) is 16.4 Å². The van der Waals surface area contributed by atoms with Crippen molar-refractivity contribution in [2.75, 3.05) is 0 Å². The second kappa shape index (κ2) is 6.96. The quantitative estimate of drug-likeness (QED) is 0.560. The fraction of sp³-hybridized carbons (Fsp3) is 0.176. The minimum Gasteiger partial charge on any atom is -0.355 e. The van der Waals surface area contributed by atoms with E-state index in [9.17, 15) is 4.79 Å². The number of nitrogens with one attached hydrogen (secondary N) is 1. The van der Waals surface area contributed by atoms with Crippen molar-refractivity contribution in [3.63, 3.8) is 0 Å². The van der Waals surface area contributed by atoms with Gasteiger partial charge in [-0.05, 0) is 30.5 Å². The molecule has 0 aromatic carbocycles. The molecule has 26 heavy (non-hydrogen) atoms. The molecular formula is C17H15N5O3S. The zero-order chi connectivity index (χ0) is 17.9. The predicted molar refractivity (Wildman–Crippen MR) is 94.4 cm³/mol. The first-order chi connectivity index (χ1) is 12.7. The van der Waals surface area contributed by atoms with Crippen molar-refractivity contribution in [2.24, 2.45) is 0 Å². The molecule has 0 bridgehead atoms. The van der Waals surface area contributed by atoms with E-state index in [0.717, 1.165) is 17.1 Å². The molecule has 0 aliphatic heterocycles. The highest BCUT2D eigenvalue weighted by molar-refractivity contribution is 7.13. The molecule has 0 aliphatic carbocycles. The van der Waals surface area contributed by atoms with Gasteiger partial charge in [0.1, 0.15) is 0 Å².